The van der Waals surface area contributed by atoms with E-state index >= 15 is 0 Å². The summed E-state index contributed by atoms with van der Waals surface area (Å²) in [6.45, 7) is 3.36. The SMILES string of the molecule is CN(C)CCCN(Cc1ccccn1)Cc1cc(Cl)ccc1O. The smallest absolute Gasteiger partial charge is 0.120 e. The van der Waals surface area contributed by atoms with E-state index < -0.39 is 0 Å². The van der Waals surface area contributed by atoms with E-state index in [1.54, 1.807) is 12.1 Å². The first kappa shape index (κ1) is 17.7. The van der Waals surface area contributed by atoms with E-state index in [1.165, 1.54) is 0 Å². The van der Waals surface area contributed by atoms with Crippen LogP contribution < -0.4 is 0 Å². The van der Waals surface area contributed by atoms with Gasteiger partial charge in [-0.05, 0) is 57.4 Å². The molecule has 5 heteroatoms. The van der Waals surface area contributed by atoms with E-state index in [0.717, 1.165) is 37.3 Å². The summed E-state index contributed by atoms with van der Waals surface area (Å²) in [6.07, 6.45) is 2.87. The molecule has 2 rings (SSSR count). The molecule has 0 aliphatic heterocycles. The van der Waals surface area contributed by atoms with Gasteiger partial charge in [-0.15, -0.1) is 0 Å². The predicted octanol–water partition coefficient (Wildman–Crippen LogP) is 3.39. The number of halogens is 1. The lowest BCUT2D eigenvalue weighted by molar-refractivity contribution is 0.234. The molecule has 124 valence electrons. The van der Waals surface area contributed by atoms with E-state index in [0.29, 0.717) is 11.6 Å². The Kier molecular flexibility index (Phi) is 6.84. The molecule has 0 amide bonds. The number of phenolic OH excluding ortho intramolecular Hbond substituents is 1. The van der Waals surface area contributed by atoms with Crippen LogP contribution in [0, 0.1) is 0 Å². The van der Waals surface area contributed by atoms with Crippen molar-refractivity contribution in [2.45, 2.75) is 19.5 Å². The molecule has 2 aromatic rings. The van der Waals surface area contributed by atoms with Crippen molar-refractivity contribution in [1.29, 1.82) is 0 Å². The highest BCUT2D eigenvalue weighted by Gasteiger charge is 2.11. The number of nitrogens with zero attached hydrogens (tertiary/aromatic N) is 3. The van der Waals surface area contributed by atoms with Gasteiger partial charge < -0.3 is 10.0 Å². The minimum Gasteiger partial charge on any atom is -0.508 e. The maximum absolute atomic E-state index is 10.1. The molecule has 0 radical (unpaired) electrons. The Balaban J connectivity index is 2.07. The van der Waals surface area contributed by atoms with Gasteiger partial charge in [0.25, 0.3) is 0 Å². The third-order valence-electron chi connectivity index (χ3n) is 3.63. The van der Waals surface area contributed by atoms with Gasteiger partial charge in [0.1, 0.15) is 5.75 Å². The Hall–Kier alpha value is -1.62. The average Bonchev–Trinajstić information content (AvgIpc) is 2.51. The zero-order valence-electron chi connectivity index (χ0n) is 13.7. The van der Waals surface area contributed by atoms with E-state index in [2.05, 4.69) is 28.9 Å². The molecule has 0 bridgehead atoms. The van der Waals surface area contributed by atoms with Gasteiger partial charge in [0.15, 0.2) is 0 Å². The van der Waals surface area contributed by atoms with Gasteiger partial charge in [0.05, 0.1) is 5.69 Å². The lowest BCUT2D eigenvalue weighted by Crippen LogP contribution is -2.27. The van der Waals surface area contributed by atoms with Gasteiger partial charge in [-0.2, -0.15) is 0 Å². The predicted molar refractivity (Wildman–Crippen MR) is 94.6 cm³/mol. The number of pyridine rings is 1. The van der Waals surface area contributed by atoms with Crippen molar-refractivity contribution in [3.63, 3.8) is 0 Å². The van der Waals surface area contributed by atoms with Crippen LogP contribution in [0.3, 0.4) is 0 Å². The second-order valence-corrected chi connectivity index (χ2v) is 6.40. The monoisotopic (exact) mass is 333 g/mol. The summed E-state index contributed by atoms with van der Waals surface area (Å²) in [4.78, 5) is 8.87. The molecule has 4 nitrogen and oxygen atoms in total. The molecule has 1 aromatic heterocycles. The van der Waals surface area contributed by atoms with E-state index in [9.17, 15) is 5.11 Å². The van der Waals surface area contributed by atoms with Crippen molar-refractivity contribution in [3.8, 4) is 5.75 Å². The van der Waals surface area contributed by atoms with Crippen LogP contribution >= 0.6 is 11.6 Å². The summed E-state index contributed by atoms with van der Waals surface area (Å²) in [5, 5.41) is 10.7. The summed E-state index contributed by atoms with van der Waals surface area (Å²) in [6, 6.07) is 11.1. The molecular formula is C18H24ClN3O. The summed E-state index contributed by atoms with van der Waals surface area (Å²) in [5.41, 5.74) is 1.87. The van der Waals surface area contributed by atoms with Crippen molar-refractivity contribution in [2.24, 2.45) is 0 Å². The molecule has 0 aliphatic rings. The number of rotatable bonds is 8. The molecule has 0 fully saturated rings. The number of aromatic nitrogens is 1. The number of aromatic hydroxyl groups is 1. The van der Waals surface area contributed by atoms with Gasteiger partial charge in [0, 0.05) is 36.4 Å². The number of hydrogen-bond donors (Lipinski definition) is 1. The fourth-order valence-electron chi connectivity index (χ4n) is 2.47. The summed E-state index contributed by atoms with van der Waals surface area (Å²) >= 11 is 6.06. The van der Waals surface area contributed by atoms with Crippen LogP contribution in [-0.4, -0.2) is 47.1 Å². The molecule has 0 saturated carbocycles. The first-order chi connectivity index (χ1) is 11.0. The quantitative estimate of drug-likeness (QED) is 0.803. The highest BCUT2D eigenvalue weighted by Crippen LogP contribution is 2.23. The number of hydrogen-bond acceptors (Lipinski definition) is 4. The van der Waals surface area contributed by atoms with Crippen LogP contribution in [0.2, 0.25) is 5.02 Å². The Bertz CT molecular complexity index is 604. The molecule has 23 heavy (non-hydrogen) atoms. The molecule has 0 unspecified atom stereocenters. The lowest BCUT2D eigenvalue weighted by atomic mass is 10.1. The summed E-state index contributed by atoms with van der Waals surface area (Å²) < 4.78 is 0. The van der Waals surface area contributed by atoms with Crippen LogP contribution in [0.1, 0.15) is 17.7 Å². The molecule has 1 N–H and O–H groups in total. The first-order valence-corrected chi connectivity index (χ1v) is 8.17. The third-order valence-corrected chi connectivity index (χ3v) is 3.86. The zero-order chi connectivity index (χ0) is 16.7. The Morgan fingerprint density at radius 3 is 2.61 bits per heavy atom. The van der Waals surface area contributed by atoms with Crippen LogP contribution in [0.4, 0.5) is 0 Å². The molecule has 0 atom stereocenters. The molecular weight excluding hydrogens is 310 g/mol. The van der Waals surface area contributed by atoms with Crippen LogP contribution in [0.5, 0.6) is 5.75 Å². The maximum atomic E-state index is 10.1. The second kappa shape index (κ2) is 8.87. The fraction of sp³-hybridized carbons (Fsp3) is 0.389. The zero-order valence-corrected chi connectivity index (χ0v) is 14.5. The van der Waals surface area contributed by atoms with E-state index in [4.69, 9.17) is 11.6 Å². The Morgan fingerprint density at radius 2 is 1.91 bits per heavy atom. The summed E-state index contributed by atoms with van der Waals surface area (Å²) in [5.74, 6) is 0.285. The topological polar surface area (TPSA) is 39.6 Å². The van der Waals surface area contributed by atoms with Crippen LogP contribution in [0.25, 0.3) is 0 Å². The number of phenols is 1. The second-order valence-electron chi connectivity index (χ2n) is 5.96. The molecule has 1 aromatic carbocycles. The summed E-state index contributed by atoms with van der Waals surface area (Å²) in [7, 11) is 4.15. The average molecular weight is 334 g/mol. The Labute approximate surface area is 143 Å². The maximum Gasteiger partial charge on any atom is 0.120 e. The minimum absolute atomic E-state index is 0.285. The molecule has 1 heterocycles. The van der Waals surface area contributed by atoms with E-state index in [1.807, 2.05) is 30.5 Å². The van der Waals surface area contributed by atoms with Crippen molar-refractivity contribution in [3.05, 3.63) is 58.9 Å². The Morgan fingerprint density at radius 1 is 1.09 bits per heavy atom. The third kappa shape index (κ3) is 6.18. The van der Waals surface area contributed by atoms with Crippen molar-refractivity contribution in [2.75, 3.05) is 27.2 Å². The highest BCUT2D eigenvalue weighted by atomic mass is 35.5. The van der Waals surface area contributed by atoms with E-state index in [-0.39, 0.29) is 5.75 Å². The molecule has 0 spiro atoms. The van der Waals surface area contributed by atoms with Crippen molar-refractivity contribution < 1.29 is 5.11 Å². The van der Waals surface area contributed by atoms with Crippen molar-refractivity contribution in [1.82, 2.24) is 14.8 Å². The normalized spacial score (nSPS) is 11.3. The lowest BCUT2D eigenvalue weighted by Gasteiger charge is -2.23. The van der Waals surface area contributed by atoms with Gasteiger partial charge >= 0.3 is 0 Å². The first-order valence-electron chi connectivity index (χ1n) is 7.79. The van der Waals surface area contributed by atoms with Crippen LogP contribution in [-0.2, 0) is 13.1 Å². The minimum atomic E-state index is 0.285. The van der Waals surface area contributed by atoms with Gasteiger partial charge in [0.2, 0.25) is 0 Å². The standard InChI is InChI=1S/C18H24ClN3O/c1-21(2)10-5-11-22(14-17-6-3-4-9-20-17)13-15-12-16(19)7-8-18(15)23/h3-4,6-9,12,23H,5,10-11,13-14H2,1-2H3. The van der Waals surface area contributed by atoms with Crippen LogP contribution in [0.15, 0.2) is 42.6 Å². The molecule has 0 aliphatic carbocycles. The fourth-order valence-corrected chi connectivity index (χ4v) is 2.66. The van der Waals surface area contributed by atoms with Gasteiger partial charge in [-0.3, -0.25) is 9.88 Å². The highest BCUT2D eigenvalue weighted by molar-refractivity contribution is 6.30. The largest absolute Gasteiger partial charge is 0.508 e. The van der Waals surface area contributed by atoms with Crippen molar-refractivity contribution >= 4 is 11.6 Å². The molecule has 0 saturated heterocycles. The number of benzene rings is 1. The van der Waals surface area contributed by atoms with Gasteiger partial charge in [-0.1, -0.05) is 17.7 Å². The van der Waals surface area contributed by atoms with Gasteiger partial charge in [-0.25, -0.2) is 0 Å².